The zero-order chi connectivity index (χ0) is 23.3. The molecule has 30 heavy (non-hydrogen) atoms. The van der Waals surface area contributed by atoms with Crippen molar-refractivity contribution in [2.24, 2.45) is 5.92 Å². The molecule has 9 nitrogen and oxygen atoms in total. The minimum absolute atomic E-state index is 0.0779. The zero-order valence-electron chi connectivity index (χ0n) is 19.4. The van der Waals surface area contributed by atoms with Gasteiger partial charge in [0.05, 0.1) is 0 Å². The van der Waals surface area contributed by atoms with E-state index in [1.807, 2.05) is 4.90 Å². The van der Waals surface area contributed by atoms with Crippen LogP contribution in [-0.4, -0.2) is 74.7 Å². The van der Waals surface area contributed by atoms with E-state index in [-0.39, 0.29) is 13.0 Å². The number of ether oxygens (including phenoxy) is 2. The van der Waals surface area contributed by atoms with Crippen molar-refractivity contribution in [1.82, 2.24) is 9.80 Å². The van der Waals surface area contributed by atoms with E-state index in [2.05, 4.69) is 6.92 Å². The summed E-state index contributed by atoms with van der Waals surface area (Å²) in [5.41, 5.74) is -3.94. The zero-order valence-corrected chi connectivity index (χ0v) is 19.4. The quantitative estimate of drug-likeness (QED) is 0.616. The average molecular weight is 431 g/mol. The maximum atomic E-state index is 12.9. The lowest BCUT2D eigenvalue weighted by Crippen LogP contribution is -2.62. The van der Waals surface area contributed by atoms with E-state index < -0.39 is 41.5 Å². The van der Waals surface area contributed by atoms with Crippen LogP contribution in [0.25, 0.3) is 0 Å². The fourth-order valence-corrected chi connectivity index (χ4v) is 3.18. The molecule has 9 heteroatoms. The van der Waals surface area contributed by atoms with Crippen LogP contribution in [0.3, 0.4) is 0 Å². The van der Waals surface area contributed by atoms with Crippen LogP contribution >= 0.6 is 0 Å². The summed E-state index contributed by atoms with van der Waals surface area (Å²) in [5, 5.41) is 20.7. The van der Waals surface area contributed by atoms with Gasteiger partial charge in [0.2, 0.25) is 0 Å². The van der Waals surface area contributed by atoms with Crippen molar-refractivity contribution < 1.29 is 34.1 Å². The smallest absolute Gasteiger partial charge is 0.422 e. The van der Waals surface area contributed by atoms with E-state index >= 15 is 0 Å². The number of amides is 2. The van der Waals surface area contributed by atoms with Crippen LogP contribution in [0.4, 0.5) is 9.59 Å². The first-order valence-electron chi connectivity index (χ1n) is 10.5. The fourth-order valence-electron chi connectivity index (χ4n) is 3.18. The third-order valence-corrected chi connectivity index (χ3v) is 4.66. The molecule has 0 saturated carbocycles. The summed E-state index contributed by atoms with van der Waals surface area (Å²) >= 11 is 0. The van der Waals surface area contributed by atoms with Gasteiger partial charge in [0.25, 0.3) is 0 Å². The standard InChI is InChI=1S/C21H38N2O7/c1-15-9-12-22(13-10-15)14-21(28,11-8-16(24)25)23(17(26)29-19(2,3)4)18(27)30-20(5,6)7/h15,28H,8-14H2,1-7H3,(H,24,25)/t21-/m0/s1. The van der Waals surface area contributed by atoms with Crippen molar-refractivity contribution >= 4 is 18.2 Å². The molecule has 0 aliphatic carbocycles. The highest BCUT2D eigenvalue weighted by atomic mass is 16.6. The Morgan fingerprint density at radius 3 is 1.77 bits per heavy atom. The molecule has 174 valence electrons. The number of carboxylic acid groups (broad SMARTS) is 1. The first-order chi connectivity index (χ1) is 13.5. The number of carboxylic acids is 1. The third kappa shape index (κ3) is 8.87. The summed E-state index contributed by atoms with van der Waals surface area (Å²) in [6.07, 6.45) is -1.10. The Hall–Kier alpha value is -1.87. The molecular formula is C21H38N2O7. The van der Waals surface area contributed by atoms with Gasteiger partial charge in [0.1, 0.15) is 11.2 Å². The maximum absolute atomic E-state index is 12.9. The van der Waals surface area contributed by atoms with Gasteiger partial charge in [-0.2, -0.15) is 4.90 Å². The predicted octanol–water partition coefficient (Wildman–Crippen LogP) is 3.44. The molecule has 0 aromatic rings. The molecule has 1 aliphatic rings. The van der Waals surface area contributed by atoms with Crippen LogP contribution in [0.1, 0.15) is 74.1 Å². The van der Waals surface area contributed by atoms with Gasteiger partial charge in [-0.25, -0.2) is 9.59 Å². The summed E-state index contributed by atoms with van der Waals surface area (Å²) in [5.74, 6) is -0.602. The summed E-state index contributed by atoms with van der Waals surface area (Å²) in [7, 11) is 0. The SMILES string of the molecule is CC1CCN(C[C@@](O)(CCC(=O)O)N(C(=O)OC(C)(C)C)C(=O)OC(C)(C)C)CC1. The van der Waals surface area contributed by atoms with Crippen molar-refractivity contribution in [3.8, 4) is 0 Å². The lowest BCUT2D eigenvalue weighted by Gasteiger charge is -2.43. The number of likely N-dealkylation sites (tertiary alicyclic amines) is 1. The van der Waals surface area contributed by atoms with Gasteiger partial charge >= 0.3 is 18.2 Å². The molecule has 1 atom stereocenters. The van der Waals surface area contributed by atoms with Crippen molar-refractivity contribution in [3.05, 3.63) is 0 Å². The monoisotopic (exact) mass is 430 g/mol. The second kappa shape index (κ2) is 9.96. The number of carbonyl (C=O) groups excluding carboxylic acids is 2. The number of nitrogens with zero attached hydrogens (tertiary/aromatic N) is 2. The minimum Gasteiger partial charge on any atom is -0.481 e. The molecule has 0 spiro atoms. The van der Waals surface area contributed by atoms with E-state index in [0.717, 1.165) is 12.8 Å². The Bertz CT molecular complexity index is 588. The van der Waals surface area contributed by atoms with Gasteiger partial charge in [-0.05, 0) is 73.4 Å². The van der Waals surface area contributed by atoms with Gasteiger partial charge in [-0.3, -0.25) is 9.69 Å². The van der Waals surface area contributed by atoms with Crippen LogP contribution in [0.15, 0.2) is 0 Å². The van der Waals surface area contributed by atoms with Gasteiger partial charge in [0, 0.05) is 19.4 Å². The molecule has 1 heterocycles. The number of aliphatic hydroxyl groups is 1. The Balaban J connectivity index is 3.27. The van der Waals surface area contributed by atoms with E-state index in [9.17, 15) is 24.6 Å². The van der Waals surface area contributed by atoms with Crippen LogP contribution in [0, 0.1) is 5.92 Å². The molecule has 1 rings (SSSR count). The molecule has 1 fully saturated rings. The second-order valence-corrected chi connectivity index (χ2v) is 10.1. The van der Waals surface area contributed by atoms with Gasteiger partial charge in [-0.1, -0.05) is 6.92 Å². The van der Waals surface area contributed by atoms with Crippen LogP contribution in [-0.2, 0) is 14.3 Å². The third-order valence-electron chi connectivity index (χ3n) is 4.66. The fraction of sp³-hybridized carbons (Fsp3) is 0.857. The topological polar surface area (TPSA) is 117 Å². The Morgan fingerprint density at radius 1 is 0.967 bits per heavy atom. The van der Waals surface area contributed by atoms with Crippen molar-refractivity contribution in [3.63, 3.8) is 0 Å². The molecule has 1 saturated heterocycles. The molecule has 1 aliphatic heterocycles. The summed E-state index contributed by atoms with van der Waals surface area (Å²) in [4.78, 5) is 39.6. The molecular weight excluding hydrogens is 392 g/mol. The highest BCUT2D eigenvalue weighted by Crippen LogP contribution is 2.28. The van der Waals surface area contributed by atoms with Crippen LogP contribution < -0.4 is 0 Å². The molecule has 0 aromatic heterocycles. The Morgan fingerprint density at radius 2 is 1.40 bits per heavy atom. The number of hydrogen-bond acceptors (Lipinski definition) is 7. The Kier molecular flexibility index (Phi) is 8.69. The summed E-state index contributed by atoms with van der Waals surface area (Å²) in [6, 6.07) is 0. The van der Waals surface area contributed by atoms with E-state index in [0.29, 0.717) is 23.9 Å². The van der Waals surface area contributed by atoms with E-state index in [4.69, 9.17) is 9.47 Å². The van der Waals surface area contributed by atoms with Crippen molar-refractivity contribution in [2.75, 3.05) is 19.6 Å². The number of piperidine rings is 1. The number of carbonyl (C=O) groups is 3. The molecule has 0 aromatic carbocycles. The molecule has 2 amide bonds. The highest BCUT2D eigenvalue weighted by molar-refractivity contribution is 5.89. The first-order valence-corrected chi connectivity index (χ1v) is 10.5. The van der Waals surface area contributed by atoms with Gasteiger partial charge in [-0.15, -0.1) is 0 Å². The van der Waals surface area contributed by atoms with E-state index in [1.165, 1.54) is 0 Å². The summed E-state index contributed by atoms with van der Waals surface area (Å²) in [6.45, 7) is 13.2. The number of imide groups is 1. The Labute approximate surface area is 179 Å². The van der Waals surface area contributed by atoms with E-state index in [1.54, 1.807) is 41.5 Å². The summed E-state index contributed by atoms with van der Waals surface area (Å²) < 4.78 is 10.7. The molecule has 0 unspecified atom stereocenters. The normalized spacial score (nSPS) is 18.4. The van der Waals surface area contributed by atoms with Crippen molar-refractivity contribution in [2.45, 2.75) is 91.1 Å². The van der Waals surface area contributed by atoms with Crippen LogP contribution in [0.2, 0.25) is 0 Å². The first kappa shape index (κ1) is 26.2. The number of β-amino-alcohol motifs (C(OH)–C–C–N with tert-alkyl or cyclic N) is 1. The largest absolute Gasteiger partial charge is 0.481 e. The highest BCUT2D eigenvalue weighted by Gasteiger charge is 2.47. The lowest BCUT2D eigenvalue weighted by molar-refractivity contribution is -0.146. The van der Waals surface area contributed by atoms with Gasteiger partial charge in [0.15, 0.2) is 5.72 Å². The molecule has 0 radical (unpaired) electrons. The second-order valence-electron chi connectivity index (χ2n) is 10.1. The molecule has 2 N–H and O–H groups in total. The maximum Gasteiger partial charge on any atom is 0.422 e. The minimum atomic E-state index is -2.09. The number of hydrogen-bond donors (Lipinski definition) is 2. The lowest BCUT2D eigenvalue weighted by atomic mass is 9.97. The van der Waals surface area contributed by atoms with Crippen LogP contribution in [0.5, 0.6) is 0 Å². The van der Waals surface area contributed by atoms with Crippen molar-refractivity contribution in [1.29, 1.82) is 0 Å². The number of rotatable bonds is 6. The average Bonchev–Trinajstić information content (AvgIpc) is 2.52. The van der Waals surface area contributed by atoms with Gasteiger partial charge < -0.3 is 19.7 Å². The molecule has 0 bridgehead atoms. The predicted molar refractivity (Wildman–Crippen MR) is 111 cm³/mol. The number of aliphatic carboxylic acids is 1.